The van der Waals surface area contributed by atoms with Crippen molar-refractivity contribution in [2.45, 2.75) is 51.9 Å². The molecule has 5 nitrogen and oxygen atoms in total. The summed E-state index contributed by atoms with van der Waals surface area (Å²) in [5.74, 6) is 0.261. The summed E-state index contributed by atoms with van der Waals surface area (Å²) in [7, 11) is -3.35. The van der Waals surface area contributed by atoms with Crippen LogP contribution >= 0.6 is 0 Å². The molecule has 0 radical (unpaired) electrons. The molecule has 20 heavy (non-hydrogen) atoms. The van der Waals surface area contributed by atoms with E-state index in [1.54, 1.807) is 0 Å². The van der Waals surface area contributed by atoms with Crippen LogP contribution in [0.4, 0.5) is 0 Å². The molecule has 1 saturated carbocycles. The van der Waals surface area contributed by atoms with Gasteiger partial charge in [-0.2, -0.15) is 12.7 Å². The quantitative estimate of drug-likeness (QED) is 0.808. The zero-order chi connectivity index (χ0) is 14.6. The number of nitrogens with one attached hydrogen (secondary N) is 1. The first-order valence-corrected chi connectivity index (χ1v) is 9.25. The van der Waals surface area contributed by atoms with E-state index in [1.807, 2.05) is 0 Å². The standard InChI is InChI=1S/C14H28N2O3S/c1-14(7-3-2-4-8-14)12-15-20(18,19)16-9-5-13(11-17)6-10-16/h13,15,17H,2-12H2,1H3. The third-order valence-corrected chi connectivity index (χ3v) is 6.47. The van der Waals surface area contributed by atoms with Gasteiger partial charge in [-0.25, -0.2) is 4.72 Å². The van der Waals surface area contributed by atoms with E-state index in [4.69, 9.17) is 5.11 Å². The first-order valence-electron chi connectivity index (χ1n) is 7.81. The second kappa shape index (κ2) is 6.73. The molecule has 1 saturated heterocycles. The summed E-state index contributed by atoms with van der Waals surface area (Å²) in [5, 5.41) is 9.10. The number of nitrogens with zero attached hydrogens (tertiary/aromatic N) is 1. The van der Waals surface area contributed by atoms with Crippen LogP contribution in [-0.2, 0) is 10.2 Å². The van der Waals surface area contributed by atoms with Gasteiger partial charge in [-0.3, -0.25) is 0 Å². The van der Waals surface area contributed by atoms with E-state index in [0.29, 0.717) is 19.6 Å². The predicted molar refractivity (Wildman–Crippen MR) is 79.5 cm³/mol. The summed E-state index contributed by atoms with van der Waals surface area (Å²) < 4.78 is 29.0. The minimum absolute atomic E-state index is 0.120. The van der Waals surface area contributed by atoms with Gasteiger partial charge < -0.3 is 5.11 Å². The van der Waals surface area contributed by atoms with Crippen molar-refractivity contribution in [2.24, 2.45) is 11.3 Å². The summed E-state index contributed by atoms with van der Waals surface area (Å²) in [6.07, 6.45) is 7.44. The Bertz CT molecular complexity index is 397. The van der Waals surface area contributed by atoms with E-state index in [2.05, 4.69) is 11.6 Å². The Kier molecular flexibility index (Phi) is 5.45. The van der Waals surface area contributed by atoms with E-state index in [1.165, 1.54) is 23.6 Å². The summed E-state index contributed by atoms with van der Waals surface area (Å²) >= 11 is 0. The summed E-state index contributed by atoms with van der Waals surface area (Å²) in [4.78, 5) is 0. The first kappa shape index (κ1) is 16.2. The molecule has 0 amide bonds. The molecule has 1 heterocycles. The highest BCUT2D eigenvalue weighted by molar-refractivity contribution is 7.87. The molecule has 2 N–H and O–H groups in total. The van der Waals surface area contributed by atoms with Crippen molar-refractivity contribution in [3.63, 3.8) is 0 Å². The highest BCUT2D eigenvalue weighted by atomic mass is 32.2. The van der Waals surface area contributed by atoms with Gasteiger partial charge in [0.15, 0.2) is 0 Å². The molecule has 0 aromatic heterocycles. The lowest BCUT2D eigenvalue weighted by Gasteiger charge is -2.35. The van der Waals surface area contributed by atoms with Crippen LogP contribution in [0, 0.1) is 11.3 Å². The zero-order valence-corrected chi connectivity index (χ0v) is 13.3. The van der Waals surface area contributed by atoms with Crippen molar-refractivity contribution >= 4 is 10.2 Å². The molecular weight excluding hydrogens is 276 g/mol. The Labute approximate surface area is 122 Å². The topological polar surface area (TPSA) is 69.6 Å². The highest BCUT2D eigenvalue weighted by Crippen LogP contribution is 2.35. The van der Waals surface area contributed by atoms with Gasteiger partial charge in [0.1, 0.15) is 0 Å². The maximum absolute atomic E-state index is 12.3. The van der Waals surface area contributed by atoms with Crippen LogP contribution < -0.4 is 4.72 Å². The number of aliphatic hydroxyl groups is 1. The molecular formula is C14H28N2O3S. The van der Waals surface area contributed by atoms with Gasteiger partial charge >= 0.3 is 0 Å². The van der Waals surface area contributed by atoms with Gasteiger partial charge in [0, 0.05) is 26.2 Å². The maximum atomic E-state index is 12.3. The van der Waals surface area contributed by atoms with E-state index in [9.17, 15) is 8.42 Å². The molecule has 2 rings (SSSR count). The van der Waals surface area contributed by atoms with Crippen LogP contribution in [0.5, 0.6) is 0 Å². The molecule has 2 fully saturated rings. The zero-order valence-electron chi connectivity index (χ0n) is 12.5. The van der Waals surface area contributed by atoms with Crippen molar-refractivity contribution in [3.05, 3.63) is 0 Å². The van der Waals surface area contributed by atoms with E-state index < -0.39 is 10.2 Å². The molecule has 0 aromatic carbocycles. The molecule has 0 unspecified atom stereocenters. The molecule has 0 bridgehead atoms. The van der Waals surface area contributed by atoms with Crippen molar-refractivity contribution < 1.29 is 13.5 Å². The lowest BCUT2D eigenvalue weighted by Crippen LogP contribution is -2.48. The lowest BCUT2D eigenvalue weighted by atomic mass is 9.76. The second-order valence-electron chi connectivity index (χ2n) is 6.72. The minimum Gasteiger partial charge on any atom is -0.396 e. The van der Waals surface area contributed by atoms with Crippen LogP contribution in [0.1, 0.15) is 51.9 Å². The Morgan fingerprint density at radius 2 is 1.80 bits per heavy atom. The summed E-state index contributed by atoms with van der Waals surface area (Å²) in [5.41, 5.74) is 0.120. The molecule has 0 aromatic rings. The summed E-state index contributed by atoms with van der Waals surface area (Å²) in [6, 6.07) is 0. The highest BCUT2D eigenvalue weighted by Gasteiger charge is 2.32. The van der Waals surface area contributed by atoms with Crippen molar-refractivity contribution in [1.29, 1.82) is 0 Å². The average molecular weight is 304 g/mol. The number of aliphatic hydroxyl groups excluding tert-OH is 1. The molecule has 1 aliphatic heterocycles. The first-order chi connectivity index (χ1) is 9.45. The number of piperidine rings is 1. The van der Waals surface area contributed by atoms with E-state index in [0.717, 1.165) is 25.7 Å². The van der Waals surface area contributed by atoms with Crippen molar-refractivity contribution in [3.8, 4) is 0 Å². The van der Waals surface area contributed by atoms with Crippen LogP contribution in [0.15, 0.2) is 0 Å². The lowest BCUT2D eigenvalue weighted by molar-refractivity contribution is 0.168. The molecule has 2 aliphatic rings. The van der Waals surface area contributed by atoms with Gasteiger partial charge in [0.2, 0.25) is 0 Å². The van der Waals surface area contributed by atoms with Crippen LogP contribution in [-0.4, -0.2) is 44.1 Å². The molecule has 1 aliphatic carbocycles. The van der Waals surface area contributed by atoms with Gasteiger partial charge in [0.25, 0.3) is 10.2 Å². The fourth-order valence-corrected chi connectivity index (χ4v) is 4.68. The second-order valence-corrected chi connectivity index (χ2v) is 8.48. The number of rotatable bonds is 5. The van der Waals surface area contributed by atoms with Crippen molar-refractivity contribution in [2.75, 3.05) is 26.2 Å². The third-order valence-electron chi connectivity index (χ3n) is 4.91. The Morgan fingerprint density at radius 3 is 2.35 bits per heavy atom. The molecule has 118 valence electrons. The SMILES string of the molecule is CC1(CNS(=O)(=O)N2CCC(CO)CC2)CCCCC1. The smallest absolute Gasteiger partial charge is 0.279 e. The Hall–Kier alpha value is -0.170. The molecule has 6 heteroatoms. The van der Waals surface area contributed by atoms with E-state index >= 15 is 0 Å². The predicted octanol–water partition coefficient (Wildman–Crippen LogP) is 1.50. The molecule has 0 spiro atoms. The number of hydrogen-bond donors (Lipinski definition) is 2. The Morgan fingerprint density at radius 1 is 1.20 bits per heavy atom. The largest absolute Gasteiger partial charge is 0.396 e. The fraction of sp³-hybridized carbons (Fsp3) is 1.00. The van der Waals surface area contributed by atoms with Gasteiger partial charge in [-0.15, -0.1) is 0 Å². The monoisotopic (exact) mass is 304 g/mol. The summed E-state index contributed by atoms with van der Waals surface area (Å²) in [6.45, 7) is 3.95. The van der Waals surface area contributed by atoms with Gasteiger partial charge in [-0.05, 0) is 37.0 Å². The maximum Gasteiger partial charge on any atom is 0.279 e. The molecule has 0 atom stereocenters. The number of hydrogen-bond acceptors (Lipinski definition) is 3. The average Bonchev–Trinajstić information content (AvgIpc) is 2.46. The van der Waals surface area contributed by atoms with Gasteiger partial charge in [-0.1, -0.05) is 26.2 Å². The van der Waals surface area contributed by atoms with Gasteiger partial charge in [0.05, 0.1) is 0 Å². The Balaban J connectivity index is 1.85. The van der Waals surface area contributed by atoms with Crippen LogP contribution in [0.25, 0.3) is 0 Å². The van der Waals surface area contributed by atoms with Crippen LogP contribution in [0.2, 0.25) is 0 Å². The third kappa shape index (κ3) is 4.16. The van der Waals surface area contributed by atoms with E-state index in [-0.39, 0.29) is 17.9 Å². The van der Waals surface area contributed by atoms with Crippen molar-refractivity contribution in [1.82, 2.24) is 9.03 Å². The minimum atomic E-state index is -3.35. The fourth-order valence-electron chi connectivity index (χ4n) is 3.27. The normalized spacial score (nSPS) is 25.7. The van der Waals surface area contributed by atoms with Crippen LogP contribution in [0.3, 0.4) is 0 Å².